The van der Waals surface area contributed by atoms with Crippen molar-refractivity contribution in [3.8, 4) is 0 Å². The fourth-order valence-electron chi connectivity index (χ4n) is 4.09. The number of alkyl halides is 6. The first-order valence-corrected chi connectivity index (χ1v) is 11.7. The van der Waals surface area contributed by atoms with Crippen LogP contribution in [0.15, 0.2) is 23.4 Å². The predicted octanol–water partition coefficient (Wildman–Crippen LogP) is 2.34. The van der Waals surface area contributed by atoms with Gasteiger partial charge in [0, 0.05) is 50.2 Å². The van der Waals surface area contributed by atoms with Crippen LogP contribution in [0.1, 0.15) is 30.9 Å². The lowest BCUT2D eigenvalue weighted by Crippen LogP contribution is -2.49. The van der Waals surface area contributed by atoms with Crippen molar-refractivity contribution in [3.63, 3.8) is 0 Å². The van der Waals surface area contributed by atoms with Crippen LogP contribution in [0, 0.1) is 0 Å². The summed E-state index contributed by atoms with van der Waals surface area (Å²) < 4.78 is 85.3. The molecule has 1 amide bonds. The Bertz CT molecular complexity index is 1200. The minimum atomic E-state index is -4.86. The summed E-state index contributed by atoms with van der Waals surface area (Å²) in [4.78, 5) is 35.4. The number of ether oxygens (including phenoxy) is 1. The van der Waals surface area contributed by atoms with Crippen LogP contribution >= 0.6 is 0 Å². The second kappa shape index (κ2) is 10.4. The van der Waals surface area contributed by atoms with Crippen molar-refractivity contribution in [1.29, 1.82) is 0 Å². The van der Waals surface area contributed by atoms with Gasteiger partial charge in [-0.1, -0.05) is 0 Å². The molecule has 0 radical (unpaired) electrons. The molecule has 16 heteroatoms. The summed E-state index contributed by atoms with van der Waals surface area (Å²) in [5.74, 6) is -3.34. The molecule has 2 atom stereocenters. The van der Waals surface area contributed by atoms with Crippen LogP contribution in [0.25, 0.3) is 0 Å². The molecule has 0 spiro atoms. The maximum Gasteiger partial charge on any atom is 0.423 e. The van der Waals surface area contributed by atoms with E-state index < -0.39 is 47.0 Å². The van der Waals surface area contributed by atoms with Gasteiger partial charge in [0.2, 0.25) is 17.5 Å². The molecular weight excluding hydrogens is 524 g/mol. The van der Waals surface area contributed by atoms with Gasteiger partial charge in [-0.3, -0.25) is 9.59 Å². The van der Waals surface area contributed by atoms with Gasteiger partial charge in [0.15, 0.2) is 0 Å². The van der Waals surface area contributed by atoms with Crippen molar-refractivity contribution < 1.29 is 35.9 Å². The Morgan fingerprint density at radius 2 is 1.79 bits per heavy atom. The summed E-state index contributed by atoms with van der Waals surface area (Å²) in [6.45, 7) is 3.03. The monoisotopic (exact) mass is 549 g/mol. The van der Waals surface area contributed by atoms with Gasteiger partial charge in [0.25, 0.3) is 11.5 Å². The number of aromatic amines is 1. The first-order chi connectivity index (χ1) is 17.8. The number of rotatable bonds is 9. The first-order valence-electron chi connectivity index (χ1n) is 11.7. The maximum atomic E-state index is 14.1. The van der Waals surface area contributed by atoms with Crippen molar-refractivity contribution in [1.82, 2.24) is 25.1 Å². The van der Waals surface area contributed by atoms with Crippen molar-refractivity contribution >= 4 is 17.5 Å². The lowest BCUT2D eigenvalue weighted by Gasteiger charge is -2.34. The van der Waals surface area contributed by atoms with Crippen LogP contribution in [0.2, 0.25) is 0 Å². The third-order valence-corrected chi connectivity index (χ3v) is 6.30. The molecule has 2 fully saturated rings. The Hall–Kier alpha value is -3.43. The lowest BCUT2D eigenvalue weighted by molar-refractivity contribution is -0.138. The van der Waals surface area contributed by atoms with Gasteiger partial charge in [-0.25, -0.2) is 28.2 Å². The zero-order chi connectivity index (χ0) is 27.7. The van der Waals surface area contributed by atoms with E-state index in [0.717, 1.165) is 18.6 Å². The van der Waals surface area contributed by atoms with E-state index in [1.165, 1.54) is 0 Å². The molecule has 2 aliphatic rings. The molecule has 2 aromatic rings. The molecule has 38 heavy (non-hydrogen) atoms. The zero-order valence-corrected chi connectivity index (χ0v) is 20.2. The van der Waals surface area contributed by atoms with Crippen molar-refractivity contribution in [2.75, 3.05) is 49.6 Å². The fourth-order valence-corrected chi connectivity index (χ4v) is 4.09. The number of hydrogen-bond acceptors (Lipinski definition) is 8. The van der Waals surface area contributed by atoms with E-state index in [1.807, 2.05) is 0 Å². The van der Waals surface area contributed by atoms with Gasteiger partial charge < -0.3 is 19.9 Å². The average Bonchev–Trinajstić information content (AvgIpc) is 3.39. The Kier molecular flexibility index (Phi) is 7.54. The summed E-state index contributed by atoms with van der Waals surface area (Å²) in [7, 11) is 0. The maximum absolute atomic E-state index is 14.1. The molecule has 10 nitrogen and oxygen atoms in total. The molecule has 1 saturated carbocycles. The molecule has 2 N–H and O–H groups in total. The molecule has 2 aromatic heterocycles. The van der Waals surface area contributed by atoms with Crippen LogP contribution in [0.5, 0.6) is 0 Å². The van der Waals surface area contributed by atoms with Gasteiger partial charge in [-0.2, -0.15) is 18.3 Å². The number of nitrogens with zero attached hydrogens (tertiary/aromatic N) is 5. The fraction of sp³-hybridized carbons (Fsp3) is 0.591. The Morgan fingerprint density at radius 3 is 2.37 bits per heavy atom. The molecule has 1 saturated heterocycles. The number of carbonyl (C=O) groups is 1. The minimum Gasteiger partial charge on any atom is -0.379 e. The minimum absolute atomic E-state index is 0.0232. The molecule has 3 heterocycles. The normalized spacial score (nSPS) is 21.8. The molecule has 0 bridgehead atoms. The Balaban J connectivity index is 1.18. The number of nitrogens with one attached hydrogen (secondary N) is 2. The number of hydrogen-bond donors (Lipinski definition) is 2. The van der Waals surface area contributed by atoms with Gasteiger partial charge in [-0.05, 0) is 6.92 Å². The molecule has 1 aliphatic carbocycles. The summed E-state index contributed by atoms with van der Waals surface area (Å²) in [5, 5.41) is 7.69. The number of H-pyrrole nitrogens is 1. The van der Waals surface area contributed by atoms with Crippen molar-refractivity contribution in [3.05, 3.63) is 40.1 Å². The summed E-state index contributed by atoms with van der Waals surface area (Å²) in [6, 6.07) is -0.608. The van der Waals surface area contributed by atoms with Gasteiger partial charge >= 0.3 is 6.18 Å². The second-order valence-electron chi connectivity index (χ2n) is 9.18. The van der Waals surface area contributed by atoms with Gasteiger partial charge in [0.05, 0.1) is 37.9 Å². The van der Waals surface area contributed by atoms with Crippen LogP contribution < -0.4 is 15.8 Å². The number of piperazine rings is 1. The Morgan fingerprint density at radius 1 is 1.16 bits per heavy atom. The predicted molar refractivity (Wildman–Crippen MR) is 122 cm³/mol. The highest BCUT2D eigenvalue weighted by atomic mass is 19.4. The largest absolute Gasteiger partial charge is 0.423 e. The number of carbonyl (C=O) groups excluding carboxylic acids is 1. The highest BCUT2D eigenvalue weighted by molar-refractivity contribution is 5.76. The molecule has 208 valence electrons. The quantitative estimate of drug-likeness (QED) is 0.362. The average molecular weight is 549 g/mol. The topological polar surface area (TPSA) is 116 Å². The highest BCUT2D eigenvalue weighted by Gasteiger charge is 2.74. The Labute approximate surface area is 212 Å². The summed E-state index contributed by atoms with van der Waals surface area (Å²) >= 11 is 0. The van der Waals surface area contributed by atoms with Gasteiger partial charge in [0.1, 0.15) is 5.56 Å². The van der Waals surface area contributed by atoms with E-state index in [4.69, 9.17) is 4.74 Å². The van der Waals surface area contributed by atoms with E-state index in [2.05, 4.69) is 20.4 Å². The molecule has 0 unspecified atom stereocenters. The number of amides is 1. The van der Waals surface area contributed by atoms with Crippen molar-refractivity contribution in [2.45, 2.75) is 43.6 Å². The van der Waals surface area contributed by atoms with E-state index in [0.29, 0.717) is 26.2 Å². The van der Waals surface area contributed by atoms with Crippen LogP contribution in [0.4, 0.5) is 38.0 Å². The molecular formula is C22H25F6N7O3. The van der Waals surface area contributed by atoms with Crippen molar-refractivity contribution in [2.24, 2.45) is 0 Å². The third kappa shape index (κ3) is 5.84. The second-order valence-corrected chi connectivity index (χ2v) is 9.18. The van der Waals surface area contributed by atoms with Gasteiger partial charge in [-0.15, -0.1) is 0 Å². The summed E-state index contributed by atoms with van der Waals surface area (Å²) in [6.07, 6.45) is -2.71. The number of anilines is 2. The van der Waals surface area contributed by atoms with Crippen LogP contribution in [-0.4, -0.2) is 82.3 Å². The summed E-state index contributed by atoms with van der Waals surface area (Å²) in [5.41, 5.74) is -6.19. The third-order valence-electron chi connectivity index (χ3n) is 6.30. The number of aromatic nitrogens is 4. The molecule has 0 aromatic carbocycles. The standard InChI is InChI=1S/C22H25F6N7O3/c1-13(32-15-10-31-33-18(37)17(15)22(26,27)28)11-38-7-2-16(36)34-3-5-35(6-4-34)19-29-8-14(9-30-19)20(23)12-21(20,24)25/h8-10,13H,2-7,11-12H2,1H3,(H2,32,33,37)/t13-,20-/m0/s1. The molecule has 4 rings (SSSR count). The van der Waals surface area contributed by atoms with E-state index in [-0.39, 0.29) is 37.1 Å². The zero-order valence-electron chi connectivity index (χ0n) is 20.2. The van der Waals surface area contributed by atoms with Crippen LogP contribution in [0.3, 0.4) is 0 Å². The highest BCUT2D eigenvalue weighted by Crippen LogP contribution is 2.62. The van der Waals surface area contributed by atoms with E-state index >= 15 is 0 Å². The SMILES string of the molecule is C[C@@H](COCCC(=O)N1CCN(c2ncc([C@@]3(F)CC3(F)F)cn2)CC1)Nc1cn[nH]c(=O)c1C(F)(F)F. The first kappa shape index (κ1) is 27.6. The van der Waals surface area contributed by atoms with Crippen LogP contribution in [-0.2, 0) is 21.4 Å². The van der Waals surface area contributed by atoms with E-state index in [9.17, 15) is 35.9 Å². The van der Waals surface area contributed by atoms with E-state index in [1.54, 1.807) is 21.8 Å². The smallest absolute Gasteiger partial charge is 0.379 e. The molecule has 1 aliphatic heterocycles. The number of halogens is 6. The lowest BCUT2D eigenvalue weighted by atomic mass is 10.2.